The highest BCUT2D eigenvalue weighted by Crippen LogP contribution is 2.16. The molecule has 2 N–H and O–H groups in total. The smallest absolute Gasteiger partial charge is 0.305 e. The molecule has 0 radical (unpaired) electrons. The molecular weight excluding hydrogens is 278 g/mol. The van der Waals surface area contributed by atoms with E-state index in [1.165, 1.54) is 0 Å². The molecule has 1 amide bonds. The van der Waals surface area contributed by atoms with E-state index in [0.29, 0.717) is 0 Å². The van der Waals surface area contributed by atoms with Crippen molar-refractivity contribution in [3.63, 3.8) is 0 Å². The van der Waals surface area contributed by atoms with Crippen LogP contribution in [0.4, 0.5) is 0 Å². The number of aliphatic carboxylic acids is 1. The first kappa shape index (κ1) is 15.3. The molecule has 0 aliphatic heterocycles. The summed E-state index contributed by atoms with van der Waals surface area (Å²) in [5.41, 5.74) is 1.46. The number of carbonyl (C=O) groups excluding carboxylic acids is 1. The molecule has 2 rings (SSSR count). The summed E-state index contributed by atoms with van der Waals surface area (Å²) >= 11 is 0. The Labute approximate surface area is 128 Å². The highest BCUT2D eigenvalue weighted by Gasteiger charge is 2.16. The third kappa shape index (κ3) is 4.80. The average Bonchev–Trinajstić information content (AvgIpc) is 2.54. The first-order valence-corrected chi connectivity index (χ1v) is 6.79. The largest absolute Gasteiger partial charge is 0.481 e. The molecular formula is C18H15NO3. The SMILES string of the molecule is O=C(O)CC(NC(=O)C#Cc1ccccc1)c1ccccc1. The third-order valence-electron chi connectivity index (χ3n) is 2.98. The van der Waals surface area contributed by atoms with Gasteiger partial charge in [0.2, 0.25) is 0 Å². The second-order valence-electron chi connectivity index (χ2n) is 4.65. The van der Waals surface area contributed by atoms with E-state index in [1.54, 1.807) is 36.4 Å². The van der Waals surface area contributed by atoms with Gasteiger partial charge in [0.05, 0.1) is 12.5 Å². The van der Waals surface area contributed by atoms with Gasteiger partial charge in [0.15, 0.2) is 0 Å². The van der Waals surface area contributed by atoms with E-state index in [1.807, 2.05) is 24.3 Å². The van der Waals surface area contributed by atoms with E-state index >= 15 is 0 Å². The zero-order valence-electron chi connectivity index (χ0n) is 11.8. The van der Waals surface area contributed by atoms with E-state index in [2.05, 4.69) is 17.2 Å². The Hall–Kier alpha value is -3.06. The van der Waals surface area contributed by atoms with Gasteiger partial charge in [-0.3, -0.25) is 9.59 Å². The second kappa shape index (κ2) is 7.65. The van der Waals surface area contributed by atoms with Crippen molar-refractivity contribution in [3.8, 4) is 11.8 Å². The normalized spacial score (nSPS) is 10.9. The van der Waals surface area contributed by atoms with Gasteiger partial charge in [-0.25, -0.2) is 0 Å². The lowest BCUT2D eigenvalue weighted by molar-refractivity contribution is -0.137. The lowest BCUT2D eigenvalue weighted by Crippen LogP contribution is -2.29. The van der Waals surface area contributed by atoms with Crippen LogP contribution in [0, 0.1) is 11.8 Å². The molecule has 0 aliphatic rings. The van der Waals surface area contributed by atoms with Crippen molar-refractivity contribution in [3.05, 3.63) is 71.8 Å². The fourth-order valence-corrected chi connectivity index (χ4v) is 1.96. The van der Waals surface area contributed by atoms with Crippen LogP contribution < -0.4 is 5.32 Å². The molecule has 4 heteroatoms. The fourth-order valence-electron chi connectivity index (χ4n) is 1.96. The van der Waals surface area contributed by atoms with Gasteiger partial charge in [-0.2, -0.15) is 0 Å². The Morgan fingerprint density at radius 1 is 1.00 bits per heavy atom. The Morgan fingerprint density at radius 2 is 1.59 bits per heavy atom. The summed E-state index contributed by atoms with van der Waals surface area (Å²) in [6.07, 6.45) is -0.192. The minimum Gasteiger partial charge on any atom is -0.481 e. The number of amides is 1. The van der Waals surface area contributed by atoms with E-state index in [4.69, 9.17) is 5.11 Å². The van der Waals surface area contributed by atoms with E-state index in [9.17, 15) is 9.59 Å². The Morgan fingerprint density at radius 3 is 2.18 bits per heavy atom. The highest BCUT2D eigenvalue weighted by atomic mass is 16.4. The van der Waals surface area contributed by atoms with Crippen LogP contribution in [0.2, 0.25) is 0 Å². The van der Waals surface area contributed by atoms with Crippen LogP contribution in [0.1, 0.15) is 23.6 Å². The Balaban J connectivity index is 2.09. The maximum absolute atomic E-state index is 11.9. The monoisotopic (exact) mass is 293 g/mol. The highest BCUT2D eigenvalue weighted by molar-refractivity contribution is 5.94. The molecule has 0 heterocycles. The predicted molar refractivity (Wildman–Crippen MR) is 82.9 cm³/mol. The number of carbonyl (C=O) groups is 2. The molecule has 110 valence electrons. The van der Waals surface area contributed by atoms with Crippen LogP contribution in [0.15, 0.2) is 60.7 Å². The van der Waals surface area contributed by atoms with Gasteiger partial charge in [0.25, 0.3) is 5.91 Å². The minimum atomic E-state index is -0.981. The molecule has 0 bridgehead atoms. The van der Waals surface area contributed by atoms with Crippen LogP contribution in [0.3, 0.4) is 0 Å². The molecule has 1 atom stereocenters. The zero-order valence-corrected chi connectivity index (χ0v) is 11.8. The maximum Gasteiger partial charge on any atom is 0.305 e. The van der Waals surface area contributed by atoms with Crippen molar-refractivity contribution in [2.75, 3.05) is 0 Å². The van der Waals surface area contributed by atoms with Gasteiger partial charge in [0.1, 0.15) is 0 Å². The molecule has 2 aromatic carbocycles. The van der Waals surface area contributed by atoms with Gasteiger partial charge in [-0.1, -0.05) is 54.5 Å². The summed E-state index contributed by atoms with van der Waals surface area (Å²) in [6, 6.07) is 17.5. The van der Waals surface area contributed by atoms with Gasteiger partial charge in [-0.05, 0) is 17.7 Å². The summed E-state index contributed by atoms with van der Waals surface area (Å²) in [5, 5.41) is 11.6. The van der Waals surface area contributed by atoms with Crippen LogP contribution >= 0.6 is 0 Å². The van der Waals surface area contributed by atoms with Crippen LogP contribution in [0.25, 0.3) is 0 Å². The molecule has 4 nitrogen and oxygen atoms in total. The molecule has 0 spiro atoms. The fraction of sp³-hybridized carbons (Fsp3) is 0.111. The third-order valence-corrected chi connectivity index (χ3v) is 2.98. The number of rotatable bonds is 4. The van der Waals surface area contributed by atoms with Crippen LogP contribution in [0.5, 0.6) is 0 Å². The van der Waals surface area contributed by atoms with Gasteiger partial charge < -0.3 is 10.4 Å². The minimum absolute atomic E-state index is 0.192. The van der Waals surface area contributed by atoms with E-state index in [0.717, 1.165) is 11.1 Å². The number of benzene rings is 2. The summed E-state index contributed by atoms with van der Waals surface area (Å²) in [5.74, 6) is 3.74. The first-order chi connectivity index (χ1) is 10.6. The van der Waals surface area contributed by atoms with Gasteiger partial charge in [0, 0.05) is 11.5 Å². The molecule has 0 fully saturated rings. The summed E-state index contributed by atoms with van der Waals surface area (Å²) < 4.78 is 0. The topological polar surface area (TPSA) is 66.4 Å². The maximum atomic E-state index is 11.9. The Bertz CT molecular complexity index is 699. The van der Waals surface area contributed by atoms with Crippen molar-refractivity contribution in [1.82, 2.24) is 5.32 Å². The molecule has 2 aromatic rings. The molecule has 0 aromatic heterocycles. The molecule has 22 heavy (non-hydrogen) atoms. The van der Waals surface area contributed by atoms with Crippen LogP contribution in [-0.4, -0.2) is 17.0 Å². The van der Waals surface area contributed by atoms with E-state index < -0.39 is 17.9 Å². The summed E-state index contributed by atoms with van der Waals surface area (Å²) in [7, 11) is 0. The lowest BCUT2D eigenvalue weighted by atomic mass is 10.0. The van der Waals surface area contributed by atoms with Crippen molar-refractivity contribution in [1.29, 1.82) is 0 Å². The summed E-state index contributed by atoms with van der Waals surface area (Å²) in [6.45, 7) is 0. The molecule has 0 saturated carbocycles. The molecule has 0 aliphatic carbocycles. The lowest BCUT2D eigenvalue weighted by Gasteiger charge is -2.15. The number of hydrogen-bond donors (Lipinski definition) is 2. The summed E-state index contributed by atoms with van der Waals surface area (Å²) in [4.78, 5) is 22.9. The Kier molecular flexibility index (Phi) is 5.33. The predicted octanol–water partition coefficient (Wildman–Crippen LogP) is 2.37. The van der Waals surface area contributed by atoms with Gasteiger partial charge >= 0.3 is 5.97 Å². The number of nitrogens with one attached hydrogen (secondary N) is 1. The first-order valence-electron chi connectivity index (χ1n) is 6.79. The van der Waals surface area contributed by atoms with Crippen molar-refractivity contribution >= 4 is 11.9 Å². The number of carboxylic acid groups (broad SMARTS) is 1. The van der Waals surface area contributed by atoms with Crippen molar-refractivity contribution < 1.29 is 14.7 Å². The zero-order chi connectivity index (χ0) is 15.8. The van der Waals surface area contributed by atoms with Crippen molar-refractivity contribution in [2.45, 2.75) is 12.5 Å². The number of hydrogen-bond acceptors (Lipinski definition) is 2. The second-order valence-corrected chi connectivity index (χ2v) is 4.65. The van der Waals surface area contributed by atoms with Crippen molar-refractivity contribution in [2.24, 2.45) is 0 Å². The van der Waals surface area contributed by atoms with E-state index in [-0.39, 0.29) is 6.42 Å². The molecule has 1 unspecified atom stereocenters. The standard InChI is InChI=1S/C18H15NO3/c20-17(12-11-14-7-3-1-4-8-14)19-16(13-18(21)22)15-9-5-2-6-10-15/h1-10,16H,13H2,(H,19,20)(H,21,22). The van der Waals surface area contributed by atoms with Crippen LogP contribution in [-0.2, 0) is 9.59 Å². The quantitative estimate of drug-likeness (QED) is 0.851. The molecule has 0 saturated heterocycles. The average molecular weight is 293 g/mol. The van der Waals surface area contributed by atoms with Gasteiger partial charge in [-0.15, -0.1) is 0 Å². The number of carboxylic acids is 1.